The topological polar surface area (TPSA) is 25.8 Å². The first-order chi connectivity index (χ1) is 10.4. The summed E-state index contributed by atoms with van der Waals surface area (Å²) in [7, 11) is -0.579. The standard InChI is InChI=1S/C18H21N2P/c1-2-8-16(9-3-1)12-15-21(17-10-4-6-13-19-17)18-11-5-7-14-20-18/h4-7,10-16H,1-3,8-9H2. The predicted octanol–water partition coefficient (Wildman–Crippen LogP) is 4.00. The van der Waals surface area contributed by atoms with Crippen molar-refractivity contribution >= 4 is 18.8 Å². The fraction of sp³-hybridized carbons (Fsp3) is 0.333. The van der Waals surface area contributed by atoms with Crippen LogP contribution in [0.4, 0.5) is 0 Å². The van der Waals surface area contributed by atoms with Crippen molar-refractivity contribution in [3.63, 3.8) is 0 Å². The van der Waals surface area contributed by atoms with E-state index in [-0.39, 0.29) is 0 Å². The van der Waals surface area contributed by atoms with Crippen LogP contribution in [0.25, 0.3) is 0 Å². The lowest BCUT2D eigenvalue weighted by atomic mass is 9.90. The van der Waals surface area contributed by atoms with E-state index in [0.717, 1.165) is 16.8 Å². The minimum atomic E-state index is -0.579. The van der Waals surface area contributed by atoms with Gasteiger partial charge in [0.15, 0.2) is 0 Å². The molecule has 0 amide bonds. The summed E-state index contributed by atoms with van der Waals surface area (Å²) in [6.07, 6.45) is 13.0. The van der Waals surface area contributed by atoms with Crippen LogP contribution in [-0.4, -0.2) is 9.97 Å². The molecule has 0 atom stereocenters. The zero-order valence-electron chi connectivity index (χ0n) is 12.2. The predicted molar refractivity (Wildman–Crippen MR) is 90.4 cm³/mol. The van der Waals surface area contributed by atoms with Crippen molar-refractivity contribution in [2.75, 3.05) is 0 Å². The van der Waals surface area contributed by atoms with Gasteiger partial charge in [-0.1, -0.05) is 43.3 Å². The number of rotatable bonds is 4. The molecule has 0 N–H and O–H groups in total. The highest BCUT2D eigenvalue weighted by atomic mass is 31.1. The van der Waals surface area contributed by atoms with Crippen LogP contribution in [0.3, 0.4) is 0 Å². The van der Waals surface area contributed by atoms with Crippen molar-refractivity contribution in [2.24, 2.45) is 5.92 Å². The van der Waals surface area contributed by atoms with Crippen LogP contribution in [0.5, 0.6) is 0 Å². The zero-order chi connectivity index (χ0) is 14.3. The molecule has 21 heavy (non-hydrogen) atoms. The SMILES string of the molecule is C(=CP(c1ccccn1)c1ccccn1)C1CCCCC1. The van der Waals surface area contributed by atoms with Gasteiger partial charge in [0.05, 0.1) is 10.9 Å². The Kier molecular flexibility index (Phi) is 5.13. The molecule has 2 aromatic heterocycles. The maximum absolute atomic E-state index is 4.56. The monoisotopic (exact) mass is 296 g/mol. The lowest BCUT2D eigenvalue weighted by molar-refractivity contribution is 0.420. The fourth-order valence-electron chi connectivity index (χ4n) is 2.80. The van der Waals surface area contributed by atoms with Gasteiger partial charge in [0, 0.05) is 20.3 Å². The Balaban J connectivity index is 1.84. The highest BCUT2D eigenvalue weighted by Gasteiger charge is 2.15. The molecule has 0 spiro atoms. The van der Waals surface area contributed by atoms with E-state index in [2.05, 4.69) is 46.1 Å². The Morgan fingerprint density at radius 2 is 1.48 bits per heavy atom. The quantitative estimate of drug-likeness (QED) is 0.797. The van der Waals surface area contributed by atoms with Crippen LogP contribution in [0.1, 0.15) is 32.1 Å². The molecule has 0 bridgehead atoms. The van der Waals surface area contributed by atoms with Gasteiger partial charge in [0.25, 0.3) is 0 Å². The largest absolute Gasteiger partial charge is 0.256 e. The molecule has 0 unspecified atom stereocenters. The average Bonchev–Trinajstić information content (AvgIpc) is 2.58. The van der Waals surface area contributed by atoms with E-state index in [1.54, 1.807) is 0 Å². The molecule has 2 heterocycles. The number of allylic oxidation sites excluding steroid dienone is 1. The van der Waals surface area contributed by atoms with Crippen LogP contribution in [0.15, 0.2) is 60.7 Å². The summed E-state index contributed by atoms with van der Waals surface area (Å²) in [5, 5.41) is 0. The van der Waals surface area contributed by atoms with Crippen LogP contribution in [0.2, 0.25) is 0 Å². The summed E-state index contributed by atoms with van der Waals surface area (Å²) in [5.74, 6) is 3.12. The minimum Gasteiger partial charge on any atom is -0.256 e. The summed E-state index contributed by atoms with van der Waals surface area (Å²) in [4.78, 5) is 9.11. The van der Waals surface area contributed by atoms with Crippen molar-refractivity contribution in [1.82, 2.24) is 9.97 Å². The first kappa shape index (κ1) is 14.4. The van der Waals surface area contributed by atoms with Crippen molar-refractivity contribution in [1.29, 1.82) is 0 Å². The molecule has 3 heteroatoms. The smallest absolute Gasteiger partial charge is 0.0731 e. The molecule has 1 saturated carbocycles. The average molecular weight is 296 g/mol. The first-order valence-corrected chi connectivity index (χ1v) is 9.14. The van der Waals surface area contributed by atoms with Gasteiger partial charge in [-0.3, -0.25) is 9.97 Å². The summed E-state index contributed by atoms with van der Waals surface area (Å²) in [6, 6.07) is 12.3. The maximum Gasteiger partial charge on any atom is 0.0731 e. The van der Waals surface area contributed by atoms with Crippen LogP contribution < -0.4 is 10.9 Å². The Morgan fingerprint density at radius 1 is 0.857 bits per heavy atom. The van der Waals surface area contributed by atoms with E-state index in [1.807, 2.05) is 24.5 Å². The highest BCUT2D eigenvalue weighted by molar-refractivity contribution is 7.75. The lowest BCUT2D eigenvalue weighted by Crippen LogP contribution is -2.15. The number of hydrogen-bond acceptors (Lipinski definition) is 2. The lowest BCUT2D eigenvalue weighted by Gasteiger charge is -2.19. The molecule has 0 saturated heterocycles. The van der Waals surface area contributed by atoms with Gasteiger partial charge in [-0.05, 0) is 43.0 Å². The number of hydrogen-bond donors (Lipinski definition) is 0. The summed E-state index contributed by atoms with van der Waals surface area (Å²) >= 11 is 0. The number of aromatic nitrogens is 2. The number of pyridine rings is 2. The molecule has 0 aliphatic heterocycles. The van der Waals surface area contributed by atoms with Crippen LogP contribution >= 0.6 is 7.92 Å². The molecular weight excluding hydrogens is 275 g/mol. The minimum absolute atomic E-state index is 0.579. The zero-order valence-corrected chi connectivity index (χ0v) is 13.1. The second kappa shape index (κ2) is 7.47. The molecule has 0 aromatic carbocycles. The normalized spacial score (nSPS) is 16.6. The molecule has 3 rings (SSSR count). The van der Waals surface area contributed by atoms with Gasteiger partial charge in [-0.25, -0.2) is 0 Å². The third-order valence-corrected chi connectivity index (χ3v) is 5.94. The number of nitrogens with zero attached hydrogens (tertiary/aromatic N) is 2. The van der Waals surface area contributed by atoms with Crippen molar-refractivity contribution in [3.05, 3.63) is 60.7 Å². The Labute approximate surface area is 128 Å². The van der Waals surface area contributed by atoms with Gasteiger partial charge >= 0.3 is 0 Å². The van der Waals surface area contributed by atoms with Crippen molar-refractivity contribution in [3.8, 4) is 0 Å². The van der Waals surface area contributed by atoms with Gasteiger partial charge in [-0.15, -0.1) is 0 Å². The van der Waals surface area contributed by atoms with Gasteiger partial charge in [0.2, 0.25) is 0 Å². The molecule has 0 radical (unpaired) electrons. The van der Waals surface area contributed by atoms with E-state index >= 15 is 0 Å². The third kappa shape index (κ3) is 3.98. The maximum atomic E-state index is 4.56. The van der Waals surface area contributed by atoms with E-state index in [4.69, 9.17) is 0 Å². The van der Waals surface area contributed by atoms with Crippen molar-refractivity contribution in [2.45, 2.75) is 32.1 Å². The summed E-state index contributed by atoms with van der Waals surface area (Å²) in [6.45, 7) is 0. The van der Waals surface area contributed by atoms with Gasteiger partial charge in [0.1, 0.15) is 0 Å². The molecule has 108 valence electrons. The molecule has 2 nitrogen and oxygen atoms in total. The molecule has 2 aromatic rings. The second-order valence-electron chi connectivity index (χ2n) is 5.49. The second-order valence-corrected chi connectivity index (χ2v) is 7.44. The van der Waals surface area contributed by atoms with Gasteiger partial charge in [-0.2, -0.15) is 0 Å². The van der Waals surface area contributed by atoms with E-state index in [1.165, 1.54) is 32.1 Å². The summed E-state index contributed by atoms with van der Waals surface area (Å²) in [5.41, 5.74) is 2.27. The van der Waals surface area contributed by atoms with E-state index < -0.39 is 7.92 Å². The summed E-state index contributed by atoms with van der Waals surface area (Å²) < 4.78 is 0. The third-order valence-electron chi connectivity index (χ3n) is 3.95. The molecular formula is C18H21N2P. The van der Waals surface area contributed by atoms with Crippen LogP contribution in [0, 0.1) is 5.92 Å². The van der Waals surface area contributed by atoms with Crippen LogP contribution in [-0.2, 0) is 0 Å². The Morgan fingerprint density at radius 3 is 2.00 bits per heavy atom. The van der Waals surface area contributed by atoms with E-state index in [0.29, 0.717) is 0 Å². The van der Waals surface area contributed by atoms with E-state index in [9.17, 15) is 0 Å². The first-order valence-electron chi connectivity index (χ1n) is 7.73. The van der Waals surface area contributed by atoms with Crippen molar-refractivity contribution < 1.29 is 0 Å². The Bertz CT molecular complexity index is 523. The molecule has 1 aliphatic carbocycles. The fourth-order valence-corrected chi connectivity index (χ4v) is 4.63. The Hall–Kier alpha value is -1.53. The molecule has 1 aliphatic rings. The van der Waals surface area contributed by atoms with Gasteiger partial charge < -0.3 is 0 Å². The molecule has 1 fully saturated rings. The highest BCUT2D eigenvalue weighted by Crippen LogP contribution is 2.35.